The van der Waals surface area contributed by atoms with Gasteiger partial charge in [0.1, 0.15) is 13.1 Å². The van der Waals surface area contributed by atoms with Crippen LogP contribution in [-0.2, 0) is 13.1 Å². The third kappa shape index (κ3) is 13.3. The summed E-state index contributed by atoms with van der Waals surface area (Å²) in [4.78, 5) is 52.1. The lowest BCUT2D eigenvalue weighted by Gasteiger charge is -2.45. The first-order chi connectivity index (χ1) is 28.1. The molecular formula is C46H58Cl2N6O6. The summed E-state index contributed by atoms with van der Waals surface area (Å²) in [6.07, 6.45) is 9.27. The highest BCUT2D eigenvalue weighted by Crippen LogP contribution is 2.26. The molecule has 0 bridgehead atoms. The van der Waals surface area contributed by atoms with Crippen molar-refractivity contribution in [2.45, 2.75) is 64.5 Å². The summed E-state index contributed by atoms with van der Waals surface area (Å²) in [6, 6.07) is 32.8. The molecule has 2 heterocycles. The van der Waals surface area contributed by atoms with Crippen LogP contribution in [0.3, 0.4) is 0 Å². The van der Waals surface area contributed by atoms with Gasteiger partial charge in [-0.15, -0.1) is 0 Å². The van der Waals surface area contributed by atoms with E-state index in [0.29, 0.717) is 26.2 Å². The van der Waals surface area contributed by atoms with Crippen molar-refractivity contribution in [1.82, 2.24) is 9.80 Å². The lowest BCUT2D eigenvalue weighted by atomic mass is 10.0. The molecule has 0 aliphatic carbocycles. The maximum Gasteiger partial charge on any atom is 0.269 e. The van der Waals surface area contributed by atoms with E-state index in [-0.39, 0.29) is 57.8 Å². The summed E-state index contributed by atoms with van der Waals surface area (Å²) in [5, 5.41) is 22.5. The number of carbonyl (C=O) groups excluding carboxylic acids is 2. The molecule has 2 aliphatic heterocycles. The van der Waals surface area contributed by atoms with Crippen LogP contribution in [0.4, 0.5) is 11.4 Å². The minimum Gasteiger partial charge on any atom is -1.00 e. The molecule has 12 nitrogen and oxygen atoms in total. The number of quaternary nitrogens is 2. The van der Waals surface area contributed by atoms with Gasteiger partial charge in [0.15, 0.2) is 0 Å². The van der Waals surface area contributed by atoms with E-state index >= 15 is 0 Å². The molecule has 0 atom stereocenters. The second-order valence-corrected chi connectivity index (χ2v) is 16.3. The molecule has 4 aromatic rings. The summed E-state index contributed by atoms with van der Waals surface area (Å²) < 4.78 is 1.77. The molecule has 2 aliphatic rings. The quantitative estimate of drug-likeness (QED) is 0.0617. The number of nitrogens with zero attached hydrogens (tertiary/aromatic N) is 6. The Labute approximate surface area is 366 Å². The fraction of sp³-hybridized carbons (Fsp3) is 0.435. The van der Waals surface area contributed by atoms with Crippen molar-refractivity contribution < 1.29 is 53.2 Å². The molecule has 2 fully saturated rings. The smallest absolute Gasteiger partial charge is 0.269 e. The van der Waals surface area contributed by atoms with Gasteiger partial charge in [-0.05, 0) is 74.2 Å². The highest BCUT2D eigenvalue weighted by Gasteiger charge is 2.36. The second-order valence-electron chi connectivity index (χ2n) is 16.3. The van der Waals surface area contributed by atoms with Crippen LogP contribution >= 0.6 is 0 Å². The lowest BCUT2D eigenvalue weighted by Crippen LogP contribution is -3.00. The van der Waals surface area contributed by atoms with Crippen LogP contribution < -0.4 is 24.8 Å². The molecule has 322 valence electrons. The van der Waals surface area contributed by atoms with E-state index in [4.69, 9.17) is 0 Å². The fourth-order valence-electron chi connectivity index (χ4n) is 8.81. The zero-order chi connectivity index (χ0) is 40.8. The Morgan fingerprint density at radius 2 is 0.767 bits per heavy atom. The van der Waals surface area contributed by atoms with Gasteiger partial charge in [-0.1, -0.05) is 62.1 Å². The number of amides is 2. The molecule has 14 heteroatoms. The van der Waals surface area contributed by atoms with E-state index in [1.165, 1.54) is 25.7 Å². The van der Waals surface area contributed by atoms with Gasteiger partial charge in [0.05, 0.1) is 75.3 Å². The summed E-state index contributed by atoms with van der Waals surface area (Å²) in [5.74, 6) is 0.154. The van der Waals surface area contributed by atoms with Crippen LogP contribution in [0, 0.1) is 20.2 Å². The number of carbonyl (C=O) groups is 2. The van der Waals surface area contributed by atoms with Gasteiger partial charge >= 0.3 is 0 Å². The van der Waals surface area contributed by atoms with Crippen LogP contribution in [0.2, 0.25) is 0 Å². The molecule has 0 spiro atoms. The summed E-state index contributed by atoms with van der Waals surface area (Å²) in [7, 11) is 0. The highest BCUT2D eigenvalue weighted by atomic mass is 35.5. The molecule has 60 heavy (non-hydrogen) atoms. The number of halogens is 2. The predicted octanol–water partition coefficient (Wildman–Crippen LogP) is 2.28. The number of nitro groups is 2. The molecule has 0 saturated carbocycles. The number of unbranched alkanes of at least 4 members (excludes halogenated alkanes) is 7. The number of hydrogen-bond donors (Lipinski definition) is 0. The first-order valence-corrected chi connectivity index (χ1v) is 21.0. The SMILES string of the molecule is O=C(c1ccccc1)N1CC[N+](CCCCCCCCCC[N+]2(Cc3ccc([N+](=O)[O-])cc3)CCN(C(=O)c3ccccc3)CC2)(Cc2ccc([N+](=O)[O-])cc2)CC1.[Cl-].[Cl-]. The Hall–Kier alpha value is -4.88. The fourth-order valence-corrected chi connectivity index (χ4v) is 8.81. The second kappa shape index (κ2) is 23.2. The van der Waals surface area contributed by atoms with Crippen molar-refractivity contribution in [2.75, 3.05) is 65.4 Å². The standard InChI is InChI=1S/C46H58N6O6.2ClH/c53-45(41-15-9-7-10-16-41)47-27-33-51(34-28-47,37-39-19-23-43(24-20-39)49(55)56)31-13-5-3-1-2-4-6-14-32-52(38-40-21-25-44(26-22-40)50(57)58)35-29-48(30-36-52)46(54)42-17-11-8-12-18-42;;/h7-12,15-26H,1-6,13-14,27-38H2;2*1H/q+2;;/p-2. The Balaban J connectivity index is 0.00000397. The van der Waals surface area contributed by atoms with Crippen molar-refractivity contribution >= 4 is 23.2 Å². The molecule has 0 N–H and O–H groups in total. The number of nitro benzene ring substituents is 2. The molecule has 6 rings (SSSR count). The van der Waals surface area contributed by atoms with Crippen LogP contribution in [0.5, 0.6) is 0 Å². The van der Waals surface area contributed by atoms with E-state index in [1.807, 2.05) is 94.7 Å². The zero-order valence-corrected chi connectivity index (χ0v) is 35.9. The van der Waals surface area contributed by atoms with Crippen LogP contribution in [0.1, 0.15) is 83.2 Å². The van der Waals surface area contributed by atoms with Crippen molar-refractivity contribution in [3.63, 3.8) is 0 Å². The van der Waals surface area contributed by atoms with Gasteiger partial charge in [-0.3, -0.25) is 29.8 Å². The Bertz CT molecular complexity index is 1810. The first-order valence-electron chi connectivity index (χ1n) is 21.0. The maximum atomic E-state index is 13.2. The molecule has 0 radical (unpaired) electrons. The lowest BCUT2D eigenvalue weighted by molar-refractivity contribution is -0.944. The van der Waals surface area contributed by atoms with E-state index in [1.54, 1.807) is 24.3 Å². The minimum atomic E-state index is -0.357. The predicted molar refractivity (Wildman–Crippen MR) is 225 cm³/mol. The largest absolute Gasteiger partial charge is 1.00 e. The summed E-state index contributed by atoms with van der Waals surface area (Å²) >= 11 is 0. The molecule has 4 aromatic carbocycles. The average Bonchev–Trinajstić information content (AvgIpc) is 3.25. The van der Waals surface area contributed by atoms with Crippen molar-refractivity contribution in [2.24, 2.45) is 0 Å². The molecule has 0 aromatic heterocycles. The van der Waals surface area contributed by atoms with Gasteiger partial charge in [0.2, 0.25) is 0 Å². The number of hydrogen-bond acceptors (Lipinski definition) is 6. The number of piperazine rings is 2. The molecule has 2 amide bonds. The Morgan fingerprint density at radius 3 is 1.07 bits per heavy atom. The van der Waals surface area contributed by atoms with Gasteiger partial charge < -0.3 is 43.6 Å². The minimum absolute atomic E-state index is 0. The molecular weight excluding hydrogens is 803 g/mol. The van der Waals surface area contributed by atoms with Crippen LogP contribution in [0.25, 0.3) is 0 Å². The molecule has 0 unspecified atom stereocenters. The first kappa shape index (κ1) is 47.8. The van der Waals surface area contributed by atoms with Crippen molar-refractivity contribution in [1.29, 1.82) is 0 Å². The summed E-state index contributed by atoms with van der Waals surface area (Å²) in [6.45, 7) is 9.87. The van der Waals surface area contributed by atoms with E-state index in [2.05, 4.69) is 0 Å². The third-order valence-electron chi connectivity index (χ3n) is 12.3. The van der Waals surface area contributed by atoms with Gasteiger partial charge in [-0.2, -0.15) is 0 Å². The Kier molecular flexibility index (Phi) is 18.5. The van der Waals surface area contributed by atoms with Crippen molar-refractivity contribution in [3.8, 4) is 0 Å². The third-order valence-corrected chi connectivity index (χ3v) is 12.3. The Morgan fingerprint density at radius 1 is 0.467 bits per heavy atom. The molecule has 2 saturated heterocycles. The maximum absolute atomic E-state index is 13.2. The van der Waals surface area contributed by atoms with Gasteiger partial charge in [-0.25, -0.2) is 0 Å². The topological polar surface area (TPSA) is 127 Å². The zero-order valence-electron chi connectivity index (χ0n) is 34.4. The van der Waals surface area contributed by atoms with Crippen LogP contribution in [-0.4, -0.2) is 106 Å². The van der Waals surface area contributed by atoms with Crippen LogP contribution in [0.15, 0.2) is 109 Å². The van der Waals surface area contributed by atoms with E-state index in [9.17, 15) is 29.8 Å². The number of benzene rings is 4. The van der Waals surface area contributed by atoms with E-state index < -0.39 is 0 Å². The number of rotatable bonds is 19. The number of non-ortho nitro benzene ring substituents is 2. The van der Waals surface area contributed by atoms with Crippen molar-refractivity contribution in [3.05, 3.63) is 152 Å². The summed E-state index contributed by atoms with van der Waals surface area (Å²) in [5.41, 5.74) is 3.83. The monoisotopic (exact) mass is 860 g/mol. The average molecular weight is 862 g/mol. The van der Waals surface area contributed by atoms with E-state index in [0.717, 1.165) is 109 Å². The highest BCUT2D eigenvalue weighted by molar-refractivity contribution is 5.94. The van der Waals surface area contributed by atoms with Gasteiger partial charge in [0, 0.05) is 46.5 Å². The normalized spacial score (nSPS) is 15.6. The van der Waals surface area contributed by atoms with Gasteiger partial charge in [0.25, 0.3) is 23.2 Å².